The monoisotopic (exact) mass is 237 g/mol. The number of hydrogen-bond donors (Lipinski definition) is 1. The Balaban J connectivity index is 2.52. The van der Waals surface area contributed by atoms with Crippen molar-refractivity contribution < 1.29 is 9.53 Å². The second kappa shape index (κ2) is 6.73. The lowest BCUT2D eigenvalue weighted by Crippen LogP contribution is -2.35. The molecule has 0 aliphatic carbocycles. The van der Waals surface area contributed by atoms with Gasteiger partial charge in [-0.1, -0.05) is 6.07 Å². The fourth-order valence-corrected chi connectivity index (χ4v) is 1.48. The third-order valence-corrected chi connectivity index (χ3v) is 2.47. The number of methoxy groups -OCH3 is 1. The van der Waals surface area contributed by atoms with Gasteiger partial charge in [0.25, 0.3) is 0 Å². The van der Waals surface area contributed by atoms with Crippen LogP contribution in [-0.4, -0.2) is 42.5 Å². The molecule has 0 saturated heterocycles. The average Bonchev–Trinajstić information content (AvgIpc) is 2.38. The standard InChI is InChI=1S/C12H19N3O2/c1-4-15(5-2)12(16)9-13-10-7-6-8-11(14-10)17-3/h6-8H,4-5,9H2,1-3H3,(H,13,14). The van der Waals surface area contributed by atoms with Crippen molar-refractivity contribution in [3.8, 4) is 5.88 Å². The number of carbonyl (C=O) groups is 1. The second-order valence-corrected chi connectivity index (χ2v) is 3.48. The Bertz CT molecular complexity index is 365. The Morgan fingerprint density at radius 2 is 2.12 bits per heavy atom. The van der Waals surface area contributed by atoms with Gasteiger partial charge in [-0.25, -0.2) is 0 Å². The highest BCUT2D eigenvalue weighted by molar-refractivity contribution is 5.80. The number of ether oxygens (including phenoxy) is 1. The molecule has 5 heteroatoms. The molecule has 5 nitrogen and oxygen atoms in total. The lowest BCUT2D eigenvalue weighted by atomic mass is 10.4. The molecule has 0 saturated carbocycles. The van der Waals surface area contributed by atoms with Crippen LogP contribution in [0.3, 0.4) is 0 Å². The Kier molecular flexibility index (Phi) is 5.26. The van der Waals surface area contributed by atoms with Crippen LogP contribution in [0.4, 0.5) is 5.82 Å². The van der Waals surface area contributed by atoms with Gasteiger partial charge in [0.15, 0.2) is 0 Å². The molecule has 0 aliphatic heterocycles. The minimum absolute atomic E-state index is 0.0691. The summed E-state index contributed by atoms with van der Waals surface area (Å²) in [6, 6.07) is 5.39. The first-order valence-corrected chi connectivity index (χ1v) is 5.74. The first kappa shape index (κ1) is 13.3. The summed E-state index contributed by atoms with van der Waals surface area (Å²) < 4.78 is 5.00. The third-order valence-electron chi connectivity index (χ3n) is 2.47. The van der Waals surface area contributed by atoms with Crippen molar-refractivity contribution in [2.45, 2.75) is 13.8 Å². The molecule has 0 bridgehead atoms. The second-order valence-electron chi connectivity index (χ2n) is 3.48. The third kappa shape index (κ3) is 3.94. The number of nitrogens with zero attached hydrogens (tertiary/aromatic N) is 2. The van der Waals surface area contributed by atoms with Gasteiger partial charge in [0.1, 0.15) is 5.82 Å². The summed E-state index contributed by atoms with van der Waals surface area (Å²) in [5, 5.41) is 2.99. The maximum atomic E-state index is 11.7. The zero-order chi connectivity index (χ0) is 12.7. The highest BCUT2D eigenvalue weighted by atomic mass is 16.5. The Morgan fingerprint density at radius 3 is 2.71 bits per heavy atom. The molecule has 0 fully saturated rings. The molecule has 0 aromatic carbocycles. The highest BCUT2D eigenvalue weighted by Gasteiger charge is 2.08. The van der Waals surface area contributed by atoms with E-state index in [4.69, 9.17) is 4.74 Å². The predicted molar refractivity (Wildman–Crippen MR) is 67.2 cm³/mol. The van der Waals surface area contributed by atoms with Gasteiger partial charge in [-0.2, -0.15) is 4.98 Å². The summed E-state index contributed by atoms with van der Waals surface area (Å²) in [6.07, 6.45) is 0. The molecule has 17 heavy (non-hydrogen) atoms. The number of pyridine rings is 1. The number of hydrogen-bond acceptors (Lipinski definition) is 4. The number of rotatable bonds is 6. The predicted octanol–water partition coefficient (Wildman–Crippen LogP) is 1.37. The number of likely N-dealkylation sites (N-methyl/N-ethyl adjacent to an activating group) is 1. The number of anilines is 1. The maximum absolute atomic E-state index is 11.7. The summed E-state index contributed by atoms with van der Waals surface area (Å²) >= 11 is 0. The summed E-state index contributed by atoms with van der Waals surface area (Å²) in [5.41, 5.74) is 0. The van der Waals surface area contributed by atoms with Crippen LogP contribution in [0.25, 0.3) is 0 Å². The summed E-state index contributed by atoms with van der Waals surface area (Å²) in [6.45, 7) is 5.63. The molecule has 1 amide bonds. The topological polar surface area (TPSA) is 54.5 Å². The Labute approximate surface area is 102 Å². The summed E-state index contributed by atoms with van der Waals surface area (Å²) in [4.78, 5) is 17.7. The van der Waals surface area contributed by atoms with Crippen molar-refractivity contribution in [2.75, 3.05) is 32.1 Å². The van der Waals surface area contributed by atoms with E-state index in [9.17, 15) is 4.79 Å². The molecule has 0 unspecified atom stereocenters. The van der Waals surface area contributed by atoms with E-state index in [1.165, 1.54) is 0 Å². The zero-order valence-electron chi connectivity index (χ0n) is 10.6. The van der Waals surface area contributed by atoms with Crippen LogP contribution in [-0.2, 0) is 4.79 Å². The summed E-state index contributed by atoms with van der Waals surface area (Å²) in [5.74, 6) is 1.25. The van der Waals surface area contributed by atoms with Crippen molar-refractivity contribution in [1.82, 2.24) is 9.88 Å². The van der Waals surface area contributed by atoms with Crippen LogP contribution in [0.5, 0.6) is 5.88 Å². The van der Waals surface area contributed by atoms with E-state index in [-0.39, 0.29) is 12.5 Å². The summed E-state index contributed by atoms with van der Waals surface area (Å²) in [7, 11) is 1.56. The molecule has 1 rings (SSSR count). The molecular weight excluding hydrogens is 218 g/mol. The van der Waals surface area contributed by atoms with E-state index in [0.717, 1.165) is 13.1 Å². The molecule has 0 atom stereocenters. The highest BCUT2D eigenvalue weighted by Crippen LogP contribution is 2.10. The van der Waals surface area contributed by atoms with Gasteiger partial charge in [-0.3, -0.25) is 4.79 Å². The van der Waals surface area contributed by atoms with Crippen molar-refractivity contribution in [3.63, 3.8) is 0 Å². The van der Waals surface area contributed by atoms with E-state index in [2.05, 4.69) is 10.3 Å². The van der Waals surface area contributed by atoms with Crippen molar-refractivity contribution in [2.24, 2.45) is 0 Å². The molecule has 0 spiro atoms. The lowest BCUT2D eigenvalue weighted by molar-refractivity contribution is -0.128. The minimum Gasteiger partial charge on any atom is -0.481 e. The first-order chi connectivity index (χ1) is 8.21. The van der Waals surface area contributed by atoms with Crippen molar-refractivity contribution >= 4 is 11.7 Å². The van der Waals surface area contributed by atoms with Crippen LogP contribution < -0.4 is 10.1 Å². The fraction of sp³-hybridized carbons (Fsp3) is 0.500. The van der Waals surface area contributed by atoms with Crippen molar-refractivity contribution in [1.29, 1.82) is 0 Å². The van der Waals surface area contributed by atoms with Gasteiger partial charge in [0, 0.05) is 19.2 Å². The van der Waals surface area contributed by atoms with E-state index >= 15 is 0 Å². The minimum atomic E-state index is 0.0691. The quantitative estimate of drug-likeness (QED) is 0.812. The fourth-order valence-electron chi connectivity index (χ4n) is 1.48. The van der Waals surface area contributed by atoms with Crippen LogP contribution in [0.1, 0.15) is 13.8 Å². The molecule has 1 N–H and O–H groups in total. The first-order valence-electron chi connectivity index (χ1n) is 5.74. The number of carbonyl (C=O) groups excluding carboxylic acids is 1. The van der Waals surface area contributed by atoms with Gasteiger partial charge < -0.3 is 15.0 Å². The number of amides is 1. The molecule has 1 aromatic rings. The molecular formula is C12H19N3O2. The van der Waals surface area contributed by atoms with Gasteiger partial charge in [-0.05, 0) is 19.9 Å². The van der Waals surface area contributed by atoms with E-state index in [1.807, 2.05) is 19.9 Å². The maximum Gasteiger partial charge on any atom is 0.241 e. The Hall–Kier alpha value is -1.78. The normalized spacial score (nSPS) is 9.82. The smallest absolute Gasteiger partial charge is 0.241 e. The largest absolute Gasteiger partial charge is 0.481 e. The van der Waals surface area contributed by atoms with Gasteiger partial charge in [0.05, 0.1) is 13.7 Å². The van der Waals surface area contributed by atoms with Crippen LogP contribution >= 0.6 is 0 Å². The van der Waals surface area contributed by atoms with Crippen LogP contribution in [0.15, 0.2) is 18.2 Å². The van der Waals surface area contributed by atoms with Gasteiger partial charge in [-0.15, -0.1) is 0 Å². The van der Waals surface area contributed by atoms with Crippen molar-refractivity contribution in [3.05, 3.63) is 18.2 Å². The lowest BCUT2D eigenvalue weighted by Gasteiger charge is -2.18. The Morgan fingerprint density at radius 1 is 1.41 bits per heavy atom. The SMILES string of the molecule is CCN(CC)C(=O)CNc1cccc(OC)n1. The molecule has 1 aromatic heterocycles. The number of aromatic nitrogens is 1. The van der Waals surface area contributed by atoms with Gasteiger partial charge >= 0.3 is 0 Å². The molecule has 94 valence electrons. The zero-order valence-corrected chi connectivity index (χ0v) is 10.6. The number of nitrogens with one attached hydrogen (secondary N) is 1. The van der Waals surface area contributed by atoms with Crippen LogP contribution in [0, 0.1) is 0 Å². The molecule has 0 radical (unpaired) electrons. The molecule has 1 heterocycles. The van der Waals surface area contributed by atoms with Gasteiger partial charge in [0.2, 0.25) is 11.8 Å². The van der Waals surface area contributed by atoms with E-state index in [0.29, 0.717) is 11.7 Å². The van der Waals surface area contributed by atoms with E-state index < -0.39 is 0 Å². The van der Waals surface area contributed by atoms with E-state index in [1.54, 1.807) is 24.1 Å². The average molecular weight is 237 g/mol. The van der Waals surface area contributed by atoms with Crippen LogP contribution in [0.2, 0.25) is 0 Å². The molecule has 0 aliphatic rings.